The monoisotopic (exact) mass is 450 g/mol. The maximum Gasteiger partial charge on any atom is 0.255 e. The van der Waals surface area contributed by atoms with E-state index in [1.165, 1.54) is 0 Å². The van der Waals surface area contributed by atoms with Crippen molar-refractivity contribution in [2.24, 2.45) is 0 Å². The number of amides is 1. The molecule has 1 aromatic carbocycles. The van der Waals surface area contributed by atoms with Crippen molar-refractivity contribution in [2.75, 3.05) is 34.5 Å². The van der Waals surface area contributed by atoms with Gasteiger partial charge in [0.05, 0.1) is 51.9 Å². The fraction of sp³-hybridized carbons (Fsp3) is 0.292. The van der Waals surface area contributed by atoms with Crippen molar-refractivity contribution in [3.63, 3.8) is 0 Å². The van der Waals surface area contributed by atoms with E-state index in [2.05, 4.69) is 10.1 Å². The first-order valence-corrected chi connectivity index (χ1v) is 10.5. The quantitative estimate of drug-likeness (QED) is 0.366. The summed E-state index contributed by atoms with van der Waals surface area (Å²) in [5.74, 6) is 1.98. The molecule has 0 N–H and O–H groups in total. The summed E-state index contributed by atoms with van der Waals surface area (Å²) in [5, 5.41) is 5.25. The lowest BCUT2D eigenvalue weighted by atomic mass is 10.2. The average Bonchev–Trinajstić information content (AvgIpc) is 3.51. The molecule has 0 unspecified atom stereocenters. The average molecular weight is 450 g/mol. The van der Waals surface area contributed by atoms with Gasteiger partial charge in [-0.1, -0.05) is 0 Å². The summed E-state index contributed by atoms with van der Waals surface area (Å²) < 4.78 is 23.1. The highest BCUT2D eigenvalue weighted by molar-refractivity contribution is 5.96. The lowest BCUT2D eigenvalue weighted by Gasteiger charge is -2.21. The van der Waals surface area contributed by atoms with Gasteiger partial charge in [-0.3, -0.25) is 4.79 Å². The Bertz CT molecular complexity index is 1220. The molecule has 33 heavy (non-hydrogen) atoms. The van der Waals surface area contributed by atoms with Gasteiger partial charge in [0.25, 0.3) is 5.91 Å². The van der Waals surface area contributed by atoms with Gasteiger partial charge in [-0.05, 0) is 30.3 Å². The van der Waals surface area contributed by atoms with Crippen LogP contribution in [0.25, 0.3) is 11.0 Å². The summed E-state index contributed by atoms with van der Waals surface area (Å²) in [4.78, 5) is 19.4. The maximum atomic E-state index is 13.2. The Hall–Kier alpha value is -3.85. The van der Waals surface area contributed by atoms with Crippen molar-refractivity contribution in [3.05, 3.63) is 71.9 Å². The molecule has 0 aliphatic carbocycles. The van der Waals surface area contributed by atoms with Crippen LogP contribution in [-0.2, 0) is 17.8 Å². The highest BCUT2D eigenvalue weighted by Crippen LogP contribution is 2.26. The van der Waals surface area contributed by atoms with Crippen molar-refractivity contribution in [2.45, 2.75) is 13.1 Å². The third-order valence-corrected chi connectivity index (χ3v) is 5.32. The maximum absolute atomic E-state index is 13.2. The molecule has 4 aromatic rings. The molecule has 0 fully saturated rings. The summed E-state index contributed by atoms with van der Waals surface area (Å²) in [6, 6.07) is 11.1. The van der Waals surface area contributed by atoms with Crippen LogP contribution in [0.5, 0.6) is 11.5 Å². The number of rotatable bonds is 10. The summed E-state index contributed by atoms with van der Waals surface area (Å²) in [6.45, 7) is 1.67. The first-order valence-electron chi connectivity index (χ1n) is 10.5. The van der Waals surface area contributed by atoms with Crippen molar-refractivity contribution in [1.29, 1.82) is 0 Å². The van der Waals surface area contributed by atoms with Crippen molar-refractivity contribution >= 4 is 16.9 Å². The largest absolute Gasteiger partial charge is 0.497 e. The Labute approximate surface area is 191 Å². The number of benzene rings is 1. The molecule has 3 aromatic heterocycles. The predicted octanol–water partition coefficient (Wildman–Crippen LogP) is 3.38. The SMILES string of the molecule is COCCN(Cc1ccco1)C(=O)c1cnc2c(cnn2Cc2ccc(OC)cc2OC)c1. The number of fused-ring (bicyclic) bond motifs is 1. The summed E-state index contributed by atoms with van der Waals surface area (Å²) >= 11 is 0. The minimum absolute atomic E-state index is 0.151. The molecule has 0 aliphatic rings. The van der Waals surface area contributed by atoms with Crippen LogP contribution in [0.1, 0.15) is 21.7 Å². The molecule has 0 spiro atoms. The van der Waals surface area contributed by atoms with E-state index < -0.39 is 0 Å². The van der Waals surface area contributed by atoms with Gasteiger partial charge in [0.1, 0.15) is 17.3 Å². The minimum atomic E-state index is -0.151. The van der Waals surface area contributed by atoms with Gasteiger partial charge >= 0.3 is 0 Å². The fourth-order valence-corrected chi connectivity index (χ4v) is 3.58. The Morgan fingerprint density at radius 1 is 1.12 bits per heavy atom. The molecule has 4 rings (SSSR count). The highest BCUT2D eigenvalue weighted by Gasteiger charge is 2.19. The lowest BCUT2D eigenvalue weighted by molar-refractivity contribution is 0.0666. The Kier molecular flexibility index (Phi) is 6.89. The molecular weight excluding hydrogens is 424 g/mol. The molecule has 9 heteroatoms. The van der Waals surface area contributed by atoms with Gasteiger partial charge in [0, 0.05) is 36.9 Å². The second kappa shape index (κ2) is 10.2. The third kappa shape index (κ3) is 4.98. The van der Waals surface area contributed by atoms with Gasteiger partial charge in [-0.25, -0.2) is 9.67 Å². The van der Waals surface area contributed by atoms with Crippen LogP contribution in [0.3, 0.4) is 0 Å². The Morgan fingerprint density at radius 3 is 2.73 bits per heavy atom. The van der Waals surface area contributed by atoms with Crippen LogP contribution in [0.15, 0.2) is 59.5 Å². The van der Waals surface area contributed by atoms with Gasteiger partial charge < -0.3 is 23.5 Å². The standard InChI is InChI=1S/C24H26N4O5/c1-30-10-8-27(16-21-5-4-9-33-21)24(29)19-11-18-14-26-28(23(18)25-13-19)15-17-6-7-20(31-2)12-22(17)32-3/h4-7,9,11-14H,8,10,15-16H2,1-3H3. The van der Waals surface area contributed by atoms with Crippen molar-refractivity contribution in [1.82, 2.24) is 19.7 Å². The van der Waals surface area contributed by atoms with Crippen LogP contribution in [-0.4, -0.2) is 60.1 Å². The number of carbonyl (C=O) groups is 1. The Balaban J connectivity index is 1.57. The van der Waals surface area contributed by atoms with E-state index in [9.17, 15) is 4.79 Å². The molecule has 0 saturated carbocycles. The van der Waals surface area contributed by atoms with E-state index in [4.69, 9.17) is 18.6 Å². The lowest BCUT2D eigenvalue weighted by Crippen LogP contribution is -2.33. The number of ether oxygens (including phenoxy) is 3. The number of carbonyl (C=O) groups excluding carboxylic acids is 1. The first kappa shape index (κ1) is 22.3. The fourth-order valence-electron chi connectivity index (χ4n) is 3.58. The van der Waals surface area contributed by atoms with Crippen LogP contribution in [0.2, 0.25) is 0 Å². The van der Waals surface area contributed by atoms with Crippen LogP contribution in [0, 0.1) is 0 Å². The van der Waals surface area contributed by atoms with Gasteiger partial charge in [0.2, 0.25) is 0 Å². The molecule has 3 heterocycles. The van der Waals surface area contributed by atoms with E-state index in [0.29, 0.717) is 49.0 Å². The zero-order chi connectivity index (χ0) is 23.2. The van der Waals surface area contributed by atoms with Crippen LogP contribution >= 0.6 is 0 Å². The number of pyridine rings is 1. The first-order chi connectivity index (χ1) is 16.1. The van der Waals surface area contributed by atoms with Gasteiger partial charge in [0.15, 0.2) is 5.65 Å². The molecule has 0 atom stereocenters. The number of nitrogens with zero attached hydrogens (tertiary/aromatic N) is 4. The second-order valence-electron chi connectivity index (χ2n) is 7.42. The summed E-state index contributed by atoms with van der Waals surface area (Å²) in [6.07, 6.45) is 4.88. The van der Waals surface area contributed by atoms with E-state index in [-0.39, 0.29) is 5.91 Å². The minimum Gasteiger partial charge on any atom is -0.497 e. The zero-order valence-corrected chi connectivity index (χ0v) is 18.9. The van der Waals surface area contributed by atoms with Crippen molar-refractivity contribution in [3.8, 4) is 11.5 Å². The molecule has 9 nitrogen and oxygen atoms in total. The summed E-state index contributed by atoms with van der Waals surface area (Å²) in [5.41, 5.74) is 2.10. The van der Waals surface area contributed by atoms with E-state index in [1.807, 2.05) is 24.3 Å². The van der Waals surface area contributed by atoms with Crippen LogP contribution in [0.4, 0.5) is 0 Å². The number of hydrogen-bond acceptors (Lipinski definition) is 7. The molecule has 172 valence electrons. The normalized spacial score (nSPS) is 11.0. The zero-order valence-electron chi connectivity index (χ0n) is 18.9. The predicted molar refractivity (Wildman–Crippen MR) is 122 cm³/mol. The van der Waals surface area contributed by atoms with E-state index >= 15 is 0 Å². The molecule has 0 bridgehead atoms. The topological polar surface area (TPSA) is 91.9 Å². The number of methoxy groups -OCH3 is 3. The smallest absolute Gasteiger partial charge is 0.255 e. The molecule has 1 amide bonds. The van der Waals surface area contributed by atoms with E-state index in [1.54, 1.807) is 61.7 Å². The second-order valence-corrected chi connectivity index (χ2v) is 7.42. The van der Waals surface area contributed by atoms with Crippen molar-refractivity contribution < 1.29 is 23.4 Å². The van der Waals surface area contributed by atoms with E-state index in [0.717, 1.165) is 16.7 Å². The highest BCUT2D eigenvalue weighted by atomic mass is 16.5. The van der Waals surface area contributed by atoms with Gasteiger partial charge in [-0.15, -0.1) is 0 Å². The van der Waals surface area contributed by atoms with Crippen LogP contribution < -0.4 is 9.47 Å². The molecule has 0 saturated heterocycles. The number of aromatic nitrogens is 3. The molecule has 0 aliphatic heterocycles. The molecular formula is C24H26N4O5. The summed E-state index contributed by atoms with van der Waals surface area (Å²) in [7, 11) is 4.84. The number of furan rings is 1. The Morgan fingerprint density at radius 2 is 2.00 bits per heavy atom. The number of hydrogen-bond donors (Lipinski definition) is 0. The third-order valence-electron chi connectivity index (χ3n) is 5.32. The molecule has 0 radical (unpaired) electrons. The van der Waals surface area contributed by atoms with Gasteiger partial charge in [-0.2, -0.15) is 5.10 Å².